The van der Waals surface area contributed by atoms with Gasteiger partial charge in [-0.1, -0.05) is 0 Å². The van der Waals surface area contributed by atoms with E-state index in [-0.39, 0.29) is 17.6 Å². The molecule has 18 heavy (non-hydrogen) atoms. The highest BCUT2D eigenvalue weighted by Crippen LogP contribution is 2.25. The van der Waals surface area contributed by atoms with E-state index in [1.165, 1.54) is 0 Å². The van der Waals surface area contributed by atoms with Crippen LogP contribution in [0.2, 0.25) is 0 Å². The quantitative estimate of drug-likeness (QED) is 0.833. The average Bonchev–Trinajstić information content (AvgIpc) is 2.29. The van der Waals surface area contributed by atoms with Gasteiger partial charge in [0.15, 0.2) is 9.84 Å². The second-order valence-electron chi connectivity index (χ2n) is 4.65. The van der Waals surface area contributed by atoms with Crippen molar-refractivity contribution in [1.29, 1.82) is 0 Å². The molecule has 1 aromatic heterocycles. The summed E-state index contributed by atoms with van der Waals surface area (Å²) in [6.45, 7) is 3.90. The average molecular weight is 334 g/mol. The zero-order valence-corrected chi connectivity index (χ0v) is 12.8. The molecule has 0 radical (unpaired) electrons. The van der Waals surface area contributed by atoms with Crippen LogP contribution < -0.4 is 4.74 Å². The van der Waals surface area contributed by atoms with Gasteiger partial charge in [0, 0.05) is 10.5 Å². The van der Waals surface area contributed by atoms with Gasteiger partial charge in [0.05, 0.1) is 17.2 Å². The van der Waals surface area contributed by atoms with Gasteiger partial charge in [0.25, 0.3) is 0 Å². The van der Waals surface area contributed by atoms with Gasteiger partial charge in [-0.2, -0.15) is 0 Å². The fourth-order valence-electron chi connectivity index (χ4n) is 2.00. The predicted octanol–water partition coefficient (Wildman–Crippen LogP) is 2.42. The number of hydrogen-bond donors (Lipinski definition) is 0. The Kier molecular flexibility index (Phi) is 3.96. The van der Waals surface area contributed by atoms with Gasteiger partial charge in [-0.05, 0) is 48.2 Å². The van der Waals surface area contributed by atoms with Gasteiger partial charge in [-0.25, -0.2) is 13.4 Å². The van der Waals surface area contributed by atoms with E-state index >= 15 is 0 Å². The van der Waals surface area contributed by atoms with Gasteiger partial charge in [-0.3, -0.25) is 0 Å². The summed E-state index contributed by atoms with van der Waals surface area (Å²) >= 11 is 3.46. The maximum Gasteiger partial charge on any atom is 0.214 e. The van der Waals surface area contributed by atoms with Crippen molar-refractivity contribution in [3.05, 3.63) is 21.8 Å². The molecule has 0 bridgehead atoms. The lowest BCUT2D eigenvalue weighted by Crippen LogP contribution is -2.30. The van der Waals surface area contributed by atoms with Gasteiger partial charge < -0.3 is 4.74 Å². The molecule has 2 heterocycles. The number of ether oxygens (including phenoxy) is 1. The van der Waals surface area contributed by atoms with Crippen molar-refractivity contribution in [2.24, 2.45) is 0 Å². The standard InChI is InChI=1S/C12H16BrNO3S/c1-8-7-11(14-9(2)12(8)13)17-10-3-5-18(15,16)6-4-10/h7,10H,3-6H2,1-2H3. The third kappa shape index (κ3) is 3.23. The minimum atomic E-state index is -2.84. The van der Waals surface area contributed by atoms with Crippen molar-refractivity contribution in [3.63, 3.8) is 0 Å². The molecule has 1 aliphatic rings. The number of aromatic nitrogens is 1. The fourth-order valence-corrected chi connectivity index (χ4v) is 3.65. The summed E-state index contributed by atoms with van der Waals surface area (Å²) < 4.78 is 29.4. The molecule has 1 aromatic rings. The highest BCUT2D eigenvalue weighted by molar-refractivity contribution is 9.10. The van der Waals surface area contributed by atoms with E-state index in [1.807, 2.05) is 19.9 Å². The lowest BCUT2D eigenvalue weighted by molar-refractivity contribution is 0.181. The molecule has 1 saturated heterocycles. The zero-order valence-electron chi connectivity index (χ0n) is 10.4. The third-order valence-corrected chi connectivity index (χ3v) is 5.99. The third-order valence-electron chi connectivity index (χ3n) is 3.07. The summed E-state index contributed by atoms with van der Waals surface area (Å²) in [6.07, 6.45) is 1.07. The minimum Gasteiger partial charge on any atom is -0.474 e. The van der Waals surface area contributed by atoms with Crippen LogP contribution in [0.25, 0.3) is 0 Å². The largest absolute Gasteiger partial charge is 0.474 e. The topological polar surface area (TPSA) is 56.3 Å². The summed E-state index contributed by atoms with van der Waals surface area (Å²) in [5.41, 5.74) is 1.95. The number of halogens is 1. The maximum absolute atomic E-state index is 11.3. The summed E-state index contributed by atoms with van der Waals surface area (Å²) in [5, 5.41) is 0. The summed E-state index contributed by atoms with van der Waals surface area (Å²) in [5.74, 6) is 1.01. The lowest BCUT2D eigenvalue weighted by Gasteiger charge is -2.23. The Bertz CT molecular complexity index is 519. The molecule has 100 valence electrons. The first-order chi connectivity index (χ1) is 8.37. The van der Waals surface area contributed by atoms with Gasteiger partial charge in [0.2, 0.25) is 5.88 Å². The fraction of sp³-hybridized carbons (Fsp3) is 0.583. The van der Waals surface area contributed by atoms with Gasteiger partial charge >= 0.3 is 0 Å². The summed E-state index contributed by atoms with van der Waals surface area (Å²) in [7, 11) is -2.84. The SMILES string of the molecule is Cc1cc(OC2CCS(=O)(=O)CC2)nc(C)c1Br. The monoisotopic (exact) mass is 333 g/mol. The molecule has 2 rings (SSSR count). The summed E-state index contributed by atoms with van der Waals surface area (Å²) in [6, 6.07) is 1.88. The van der Waals surface area contributed by atoms with E-state index in [4.69, 9.17) is 4.74 Å². The molecule has 1 aliphatic heterocycles. The van der Waals surface area contributed by atoms with Crippen molar-refractivity contribution >= 4 is 25.8 Å². The first-order valence-corrected chi connectivity index (χ1v) is 8.49. The van der Waals surface area contributed by atoms with Crippen LogP contribution in [0.15, 0.2) is 10.5 Å². The number of hydrogen-bond acceptors (Lipinski definition) is 4. The normalized spacial score (nSPS) is 19.7. The highest BCUT2D eigenvalue weighted by Gasteiger charge is 2.25. The molecule has 0 aromatic carbocycles. The van der Waals surface area contributed by atoms with Crippen LogP contribution >= 0.6 is 15.9 Å². The molecule has 0 aliphatic carbocycles. The number of sulfone groups is 1. The zero-order chi connectivity index (χ0) is 13.3. The van der Waals surface area contributed by atoms with Crippen molar-refractivity contribution < 1.29 is 13.2 Å². The molecular weight excluding hydrogens is 318 g/mol. The highest BCUT2D eigenvalue weighted by atomic mass is 79.9. The van der Waals surface area contributed by atoms with Crippen molar-refractivity contribution in [2.45, 2.75) is 32.8 Å². The Morgan fingerprint density at radius 1 is 1.33 bits per heavy atom. The second kappa shape index (κ2) is 5.17. The lowest BCUT2D eigenvalue weighted by atomic mass is 10.2. The molecule has 0 N–H and O–H groups in total. The van der Waals surface area contributed by atoms with Crippen molar-refractivity contribution in [2.75, 3.05) is 11.5 Å². The molecule has 0 amide bonds. The second-order valence-corrected chi connectivity index (χ2v) is 7.74. The predicted molar refractivity (Wildman–Crippen MR) is 73.7 cm³/mol. The van der Waals surface area contributed by atoms with Gasteiger partial charge in [0.1, 0.15) is 6.10 Å². The van der Waals surface area contributed by atoms with E-state index in [2.05, 4.69) is 20.9 Å². The van der Waals surface area contributed by atoms with Crippen LogP contribution in [0.5, 0.6) is 5.88 Å². The smallest absolute Gasteiger partial charge is 0.214 e. The molecule has 0 unspecified atom stereocenters. The van der Waals surface area contributed by atoms with E-state index < -0.39 is 9.84 Å². The van der Waals surface area contributed by atoms with Crippen LogP contribution in [0, 0.1) is 13.8 Å². The van der Waals surface area contributed by atoms with Crippen LogP contribution in [-0.4, -0.2) is 31.0 Å². The number of pyridine rings is 1. The molecule has 6 heteroatoms. The number of rotatable bonds is 2. The first kappa shape index (κ1) is 13.8. The molecule has 0 spiro atoms. The number of nitrogens with zero attached hydrogens (tertiary/aromatic N) is 1. The Hall–Kier alpha value is -0.620. The minimum absolute atomic E-state index is 0.0407. The van der Waals surface area contributed by atoms with Crippen LogP contribution in [-0.2, 0) is 9.84 Å². The first-order valence-electron chi connectivity index (χ1n) is 5.88. The van der Waals surface area contributed by atoms with Crippen LogP contribution in [0.1, 0.15) is 24.1 Å². The van der Waals surface area contributed by atoms with Gasteiger partial charge in [-0.15, -0.1) is 0 Å². The summed E-state index contributed by atoms with van der Waals surface area (Å²) in [4.78, 5) is 4.35. The van der Waals surface area contributed by atoms with Crippen LogP contribution in [0.4, 0.5) is 0 Å². The van der Waals surface area contributed by atoms with Crippen molar-refractivity contribution in [3.8, 4) is 5.88 Å². The van der Waals surface area contributed by atoms with E-state index in [1.54, 1.807) is 0 Å². The molecule has 0 atom stereocenters. The molecule has 1 fully saturated rings. The van der Waals surface area contributed by atoms with E-state index in [0.717, 1.165) is 15.7 Å². The molecule has 0 saturated carbocycles. The number of aryl methyl sites for hydroxylation is 2. The Morgan fingerprint density at radius 3 is 2.50 bits per heavy atom. The van der Waals surface area contributed by atoms with Crippen molar-refractivity contribution in [1.82, 2.24) is 4.98 Å². The van der Waals surface area contributed by atoms with Crippen LogP contribution in [0.3, 0.4) is 0 Å². The van der Waals surface area contributed by atoms with E-state index in [9.17, 15) is 8.42 Å². The molecule has 4 nitrogen and oxygen atoms in total. The Balaban J connectivity index is 2.07. The Labute approximate surface area is 116 Å². The molecular formula is C12H16BrNO3S. The Morgan fingerprint density at radius 2 is 1.94 bits per heavy atom. The van der Waals surface area contributed by atoms with E-state index in [0.29, 0.717) is 18.7 Å². The maximum atomic E-state index is 11.3.